The largest absolute Gasteiger partial charge is 0.491 e. The molecule has 7 nitrogen and oxygen atoms in total. The number of thiazole rings is 1. The molecule has 0 aliphatic carbocycles. The predicted molar refractivity (Wildman–Crippen MR) is 143 cm³/mol. The summed E-state index contributed by atoms with van der Waals surface area (Å²) in [5.41, 5.74) is 2.08. The molecule has 0 bridgehead atoms. The first-order valence-corrected chi connectivity index (χ1v) is 12.8. The van der Waals surface area contributed by atoms with Crippen LogP contribution >= 0.6 is 11.3 Å². The first kappa shape index (κ1) is 26.0. The molecule has 3 aromatic rings. The van der Waals surface area contributed by atoms with E-state index in [0.717, 1.165) is 5.56 Å². The van der Waals surface area contributed by atoms with Crippen LogP contribution < -0.4 is 24.4 Å². The molecule has 2 heterocycles. The second kappa shape index (κ2) is 11.3. The molecule has 0 saturated heterocycles. The Balaban J connectivity index is 1.89. The number of benzene rings is 2. The average Bonchev–Trinajstić information content (AvgIpc) is 3.17. The highest BCUT2D eigenvalue weighted by molar-refractivity contribution is 7.07. The Bertz CT molecular complexity index is 1560. The number of para-hydroxylation sites is 1. The Morgan fingerprint density at radius 3 is 2.62 bits per heavy atom. The minimum absolute atomic E-state index is 0.0966. The highest BCUT2D eigenvalue weighted by Gasteiger charge is 2.35. The van der Waals surface area contributed by atoms with E-state index in [4.69, 9.17) is 20.6 Å². The Kier molecular flexibility index (Phi) is 7.95. The smallest absolute Gasteiger partial charge is 0.338 e. The third-order valence-corrected chi connectivity index (χ3v) is 6.58. The number of aromatic nitrogens is 1. The molecule has 0 saturated carbocycles. The zero-order chi connectivity index (χ0) is 26.5. The molecule has 0 unspecified atom stereocenters. The third kappa shape index (κ3) is 5.52. The minimum Gasteiger partial charge on any atom is -0.491 e. The molecule has 0 amide bonds. The lowest BCUT2D eigenvalue weighted by molar-refractivity contribution is -0.139. The monoisotopic (exact) mass is 516 g/mol. The molecule has 1 aliphatic heterocycles. The number of carbonyl (C=O) groups excluding carboxylic acids is 1. The molecule has 2 aromatic carbocycles. The number of rotatable bonds is 8. The summed E-state index contributed by atoms with van der Waals surface area (Å²) in [5.74, 6) is 3.16. The van der Waals surface area contributed by atoms with Gasteiger partial charge in [-0.3, -0.25) is 9.36 Å². The fraction of sp³-hybridized carbons (Fsp3) is 0.276. The number of nitrogens with zero attached hydrogens (tertiary/aromatic N) is 2. The standard InChI is InChI=1S/C29H28N2O5S/c1-6-16-35-21-14-12-20(13-15-21)17-24-27(32)31-26(22-10-8-9-11-23(22)36-18(3)4)25(28(33)34-7-2)19(5)30-29(31)37-24/h1,8-15,17-18,26H,7,16H2,2-5H3/b24-17+/t26-/m0/s1. The minimum atomic E-state index is -0.744. The van der Waals surface area contributed by atoms with Crippen molar-refractivity contribution in [3.63, 3.8) is 0 Å². The third-order valence-electron chi connectivity index (χ3n) is 5.59. The number of allylic oxidation sites excluding steroid dienone is 1. The predicted octanol–water partition coefficient (Wildman–Crippen LogP) is 3.60. The quantitative estimate of drug-likeness (QED) is 0.338. The van der Waals surface area contributed by atoms with Crippen LogP contribution in [-0.2, 0) is 9.53 Å². The lowest BCUT2D eigenvalue weighted by atomic mass is 9.95. The number of hydrogen-bond donors (Lipinski definition) is 0. The van der Waals surface area contributed by atoms with Gasteiger partial charge in [0.15, 0.2) is 4.80 Å². The van der Waals surface area contributed by atoms with Crippen LogP contribution in [0.2, 0.25) is 0 Å². The summed E-state index contributed by atoms with van der Waals surface area (Å²) in [4.78, 5) is 32.1. The zero-order valence-corrected chi connectivity index (χ0v) is 22.0. The zero-order valence-electron chi connectivity index (χ0n) is 21.2. The van der Waals surface area contributed by atoms with Crippen molar-refractivity contribution in [3.05, 3.63) is 90.6 Å². The number of carbonyl (C=O) groups is 1. The summed E-state index contributed by atoms with van der Waals surface area (Å²) in [6.07, 6.45) is 6.95. The van der Waals surface area contributed by atoms with E-state index in [2.05, 4.69) is 10.9 Å². The van der Waals surface area contributed by atoms with E-state index in [0.29, 0.717) is 37.7 Å². The summed E-state index contributed by atoms with van der Waals surface area (Å²) < 4.78 is 18.9. The van der Waals surface area contributed by atoms with E-state index >= 15 is 0 Å². The Hall–Kier alpha value is -4.09. The van der Waals surface area contributed by atoms with Gasteiger partial charge in [0, 0.05) is 5.56 Å². The summed E-state index contributed by atoms with van der Waals surface area (Å²) >= 11 is 1.27. The Labute approximate surface area is 219 Å². The van der Waals surface area contributed by atoms with Crippen LogP contribution in [0.25, 0.3) is 6.08 Å². The molecule has 4 rings (SSSR count). The summed E-state index contributed by atoms with van der Waals surface area (Å²) in [7, 11) is 0. The topological polar surface area (TPSA) is 79.1 Å². The molecule has 0 fully saturated rings. The highest BCUT2D eigenvalue weighted by atomic mass is 32.1. The molecule has 0 N–H and O–H groups in total. The van der Waals surface area contributed by atoms with Crippen molar-refractivity contribution < 1.29 is 19.0 Å². The van der Waals surface area contributed by atoms with Gasteiger partial charge in [0.05, 0.1) is 28.5 Å². The maximum absolute atomic E-state index is 13.8. The molecule has 190 valence electrons. The van der Waals surface area contributed by atoms with Gasteiger partial charge in [-0.15, -0.1) is 6.42 Å². The van der Waals surface area contributed by atoms with Gasteiger partial charge < -0.3 is 14.2 Å². The van der Waals surface area contributed by atoms with E-state index in [1.165, 1.54) is 11.3 Å². The molecule has 1 aliphatic rings. The first-order chi connectivity index (χ1) is 17.8. The Morgan fingerprint density at radius 1 is 1.22 bits per heavy atom. The highest BCUT2D eigenvalue weighted by Crippen LogP contribution is 2.36. The molecule has 8 heteroatoms. The number of terminal acetylenes is 1. The molecule has 37 heavy (non-hydrogen) atoms. The van der Waals surface area contributed by atoms with E-state index in [-0.39, 0.29) is 24.9 Å². The van der Waals surface area contributed by atoms with Crippen LogP contribution in [0.15, 0.2) is 69.6 Å². The summed E-state index contributed by atoms with van der Waals surface area (Å²) in [6.45, 7) is 7.75. The van der Waals surface area contributed by atoms with Gasteiger partial charge in [-0.1, -0.05) is 47.6 Å². The van der Waals surface area contributed by atoms with Crippen LogP contribution in [0.5, 0.6) is 11.5 Å². The average molecular weight is 517 g/mol. The molecular formula is C29H28N2O5S. The van der Waals surface area contributed by atoms with Crippen molar-refractivity contribution in [1.82, 2.24) is 4.57 Å². The van der Waals surface area contributed by atoms with Crippen molar-refractivity contribution in [2.75, 3.05) is 13.2 Å². The molecule has 1 atom stereocenters. The maximum atomic E-state index is 13.8. The van der Waals surface area contributed by atoms with Gasteiger partial charge in [-0.2, -0.15) is 0 Å². The molecule has 0 radical (unpaired) electrons. The fourth-order valence-electron chi connectivity index (χ4n) is 4.09. The molecular weight excluding hydrogens is 488 g/mol. The van der Waals surface area contributed by atoms with Crippen LogP contribution in [0.3, 0.4) is 0 Å². The second-order valence-electron chi connectivity index (χ2n) is 8.57. The van der Waals surface area contributed by atoms with Crippen molar-refractivity contribution >= 4 is 23.4 Å². The normalized spacial score (nSPS) is 15.1. The van der Waals surface area contributed by atoms with E-state index < -0.39 is 12.0 Å². The van der Waals surface area contributed by atoms with Gasteiger partial charge >= 0.3 is 5.97 Å². The van der Waals surface area contributed by atoms with Crippen molar-refractivity contribution in [3.8, 4) is 23.8 Å². The SMILES string of the molecule is C#CCOc1ccc(/C=c2/sc3n(c2=O)[C@@H](c2ccccc2OC(C)C)C(C(=O)OCC)=C(C)N=3)cc1. The number of ether oxygens (including phenoxy) is 3. The lowest BCUT2D eigenvalue weighted by Gasteiger charge is -2.26. The molecule has 0 spiro atoms. The van der Waals surface area contributed by atoms with Gasteiger partial charge in [-0.05, 0) is 57.5 Å². The molecule has 1 aromatic heterocycles. The van der Waals surface area contributed by atoms with Crippen LogP contribution in [0.1, 0.15) is 44.9 Å². The van der Waals surface area contributed by atoms with Crippen LogP contribution in [0.4, 0.5) is 0 Å². The van der Waals surface area contributed by atoms with Gasteiger partial charge in [0.2, 0.25) is 0 Å². The second-order valence-corrected chi connectivity index (χ2v) is 9.58. The van der Waals surface area contributed by atoms with Gasteiger partial charge in [-0.25, -0.2) is 9.79 Å². The van der Waals surface area contributed by atoms with Crippen LogP contribution in [-0.4, -0.2) is 29.9 Å². The maximum Gasteiger partial charge on any atom is 0.338 e. The van der Waals surface area contributed by atoms with Crippen LogP contribution in [0, 0.1) is 12.3 Å². The van der Waals surface area contributed by atoms with E-state index in [1.807, 2.05) is 50.2 Å². The van der Waals surface area contributed by atoms with Crippen molar-refractivity contribution in [2.45, 2.75) is 39.8 Å². The number of hydrogen-bond acceptors (Lipinski definition) is 7. The Morgan fingerprint density at radius 2 is 1.95 bits per heavy atom. The number of fused-ring (bicyclic) bond motifs is 1. The van der Waals surface area contributed by atoms with Crippen molar-refractivity contribution in [1.29, 1.82) is 0 Å². The fourth-order valence-corrected chi connectivity index (χ4v) is 5.14. The van der Waals surface area contributed by atoms with E-state index in [9.17, 15) is 9.59 Å². The van der Waals surface area contributed by atoms with E-state index in [1.54, 1.807) is 36.6 Å². The summed E-state index contributed by atoms with van der Waals surface area (Å²) in [6, 6.07) is 14.0. The summed E-state index contributed by atoms with van der Waals surface area (Å²) in [5, 5.41) is 0. The van der Waals surface area contributed by atoms with Crippen molar-refractivity contribution in [2.24, 2.45) is 4.99 Å². The lowest BCUT2D eigenvalue weighted by Crippen LogP contribution is -2.40. The number of esters is 1. The first-order valence-electron chi connectivity index (χ1n) is 12.0. The van der Waals surface area contributed by atoms with Gasteiger partial charge in [0.1, 0.15) is 24.1 Å². The van der Waals surface area contributed by atoms with Gasteiger partial charge in [0.25, 0.3) is 5.56 Å².